The van der Waals surface area contributed by atoms with Crippen LogP contribution in [0.4, 0.5) is 0 Å². The molecule has 0 aliphatic rings. The number of aryl methyl sites for hydroxylation is 1. The Hall–Kier alpha value is -3.49. The fraction of sp³-hybridized carbons (Fsp3) is 0.286. The van der Waals surface area contributed by atoms with Crippen molar-refractivity contribution in [1.29, 1.82) is 0 Å². The van der Waals surface area contributed by atoms with Gasteiger partial charge in [0, 0.05) is 16.8 Å². The van der Waals surface area contributed by atoms with Crippen LogP contribution in [0.5, 0.6) is 0 Å². The number of amides is 1. The van der Waals surface area contributed by atoms with Crippen molar-refractivity contribution in [2.75, 3.05) is 26.4 Å². The normalized spacial score (nSPS) is 11.8. The first-order chi connectivity index (χ1) is 17.1. The van der Waals surface area contributed by atoms with Gasteiger partial charge < -0.3 is 10.2 Å². The average molecular weight is 507 g/mol. The van der Waals surface area contributed by atoms with E-state index >= 15 is 0 Å². The number of aromatic amines is 1. The van der Waals surface area contributed by atoms with Crippen LogP contribution in [0.3, 0.4) is 0 Å². The quantitative estimate of drug-likeness (QED) is 0.378. The maximum absolute atomic E-state index is 12.8. The molecule has 0 fully saturated rings. The van der Waals surface area contributed by atoms with Gasteiger partial charge in [0.05, 0.1) is 28.5 Å². The smallest absolute Gasteiger partial charge is 0.228 e. The molecule has 190 valence electrons. The molecule has 1 amide bonds. The summed E-state index contributed by atoms with van der Waals surface area (Å²) in [7, 11) is 0.469. The topological polar surface area (TPSA) is 95.2 Å². The molecule has 8 heteroatoms. The second kappa shape index (κ2) is 12.0. The Balaban J connectivity index is 1.68. The SMILES string of the molecule is C=C(C=Cc1[nH]nc(-c2cccc(S(=O)(=O)CCCN(C)C)c2)c1C)NC(=O)Cc1ccccc1C. The number of H-pyrrole nitrogens is 1. The van der Waals surface area contributed by atoms with Crippen molar-refractivity contribution >= 4 is 21.8 Å². The van der Waals surface area contributed by atoms with E-state index in [2.05, 4.69) is 22.1 Å². The van der Waals surface area contributed by atoms with Crippen molar-refractivity contribution in [3.8, 4) is 11.3 Å². The summed E-state index contributed by atoms with van der Waals surface area (Å²) >= 11 is 0. The van der Waals surface area contributed by atoms with Crippen LogP contribution in [0.25, 0.3) is 17.3 Å². The van der Waals surface area contributed by atoms with Gasteiger partial charge in [-0.2, -0.15) is 5.10 Å². The summed E-state index contributed by atoms with van der Waals surface area (Å²) in [5.74, 6) is -0.0376. The zero-order valence-corrected chi connectivity index (χ0v) is 22.2. The van der Waals surface area contributed by atoms with Gasteiger partial charge in [0.2, 0.25) is 5.91 Å². The number of rotatable bonds is 11. The van der Waals surface area contributed by atoms with Crippen molar-refractivity contribution in [3.05, 3.63) is 89.3 Å². The Kier molecular flexibility index (Phi) is 9.01. The molecule has 0 unspecified atom stereocenters. The lowest BCUT2D eigenvalue weighted by molar-refractivity contribution is -0.119. The summed E-state index contributed by atoms with van der Waals surface area (Å²) in [5, 5.41) is 10.2. The summed E-state index contributed by atoms with van der Waals surface area (Å²) in [6.45, 7) is 8.52. The van der Waals surface area contributed by atoms with Crippen LogP contribution in [0, 0.1) is 13.8 Å². The molecule has 0 spiro atoms. The average Bonchev–Trinajstić information content (AvgIpc) is 3.19. The predicted octanol–water partition coefficient (Wildman–Crippen LogP) is 4.30. The number of allylic oxidation sites excluding steroid dienone is 1. The molecular formula is C28H34N4O3S. The van der Waals surface area contributed by atoms with Gasteiger partial charge in [0.15, 0.2) is 9.84 Å². The van der Waals surface area contributed by atoms with Crippen molar-refractivity contribution in [1.82, 2.24) is 20.4 Å². The number of hydrogen-bond acceptors (Lipinski definition) is 5. The third-order valence-electron chi connectivity index (χ3n) is 5.90. The highest BCUT2D eigenvalue weighted by molar-refractivity contribution is 7.91. The van der Waals surface area contributed by atoms with E-state index in [0.29, 0.717) is 29.3 Å². The van der Waals surface area contributed by atoms with Gasteiger partial charge >= 0.3 is 0 Å². The number of nitrogens with one attached hydrogen (secondary N) is 2. The third kappa shape index (κ3) is 7.26. The van der Waals surface area contributed by atoms with E-state index in [1.807, 2.05) is 63.2 Å². The molecule has 0 aliphatic carbocycles. The third-order valence-corrected chi connectivity index (χ3v) is 7.69. The summed E-state index contributed by atoms with van der Waals surface area (Å²) < 4.78 is 25.6. The molecule has 3 aromatic rings. The predicted molar refractivity (Wildman–Crippen MR) is 145 cm³/mol. The molecule has 0 bridgehead atoms. The standard InChI is InChI=1S/C28H34N4O3S/c1-20-10-6-7-11-23(20)19-27(33)29-21(2)14-15-26-22(3)28(31-30-26)24-12-8-13-25(18-24)36(34,35)17-9-16-32(4)5/h6-8,10-15,18H,2,9,16-17,19H2,1,3-5H3,(H,29,33)(H,30,31). The number of hydrogen-bond donors (Lipinski definition) is 2. The first-order valence-electron chi connectivity index (χ1n) is 11.8. The zero-order chi connectivity index (χ0) is 26.3. The highest BCUT2D eigenvalue weighted by Gasteiger charge is 2.17. The second-order valence-electron chi connectivity index (χ2n) is 9.12. The lowest BCUT2D eigenvalue weighted by atomic mass is 10.1. The van der Waals surface area contributed by atoms with E-state index in [-0.39, 0.29) is 18.1 Å². The molecule has 0 aliphatic heterocycles. The molecule has 2 N–H and O–H groups in total. The van der Waals surface area contributed by atoms with Gasteiger partial charge in [-0.25, -0.2) is 8.42 Å². The van der Waals surface area contributed by atoms with Crippen LogP contribution in [0.2, 0.25) is 0 Å². The van der Waals surface area contributed by atoms with Gasteiger partial charge in [-0.15, -0.1) is 0 Å². The van der Waals surface area contributed by atoms with Crippen molar-refractivity contribution in [3.63, 3.8) is 0 Å². The molecule has 7 nitrogen and oxygen atoms in total. The summed E-state index contributed by atoms with van der Waals surface area (Å²) in [4.78, 5) is 14.6. The van der Waals surface area contributed by atoms with Crippen LogP contribution in [0.1, 0.15) is 28.8 Å². The van der Waals surface area contributed by atoms with E-state index in [0.717, 1.165) is 27.9 Å². The van der Waals surface area contributed by atoms with E-state index in [1.54, 1.807) is 30.4 Å². The number of aromatic nitrogens is 2. The van der Waals surface area contributed by atoms with Gasteiger partial charge in [0.25, 0.3) is 0 Å². The Morgan fingerprint density at radius 1 is 1.14 bits per heavy atom. The molecule has 3 rings (SSSR count). The Morgan fingerprint density at radius 2 is 1.89 bits per heavy atom. The van der Waals surface area contributed by atoms with Crippen molar-refractivity contribution in [2.24, 2.45) is 0 Å². The summed E-state index contributed by atoms with van der Waals surface area (Å²) in [5.41, 5.74) is 5.53. The lowest BCUT2D eigenvalue weighted by Gasteiger charge is -2.10. The Morgan fingerprint density at radius 3 is 2.61 bits per heavy atom. The largest absolute Gasteiger partial charge is 0.326 e. The minimum absolute atomic E-state index is 0.0971. The van der Waals surface area contributed by atoms with Crippen molar-refractivity contribution < 1.29 is 13.2 Å². The maximum Gasteiger partial charge on any atom is 0.228 e. The molecule has 0 radical (unpaired) electrons. The Bertz CT molecular complexity index is 1370. The fourth-order valence-electron chi connectivity index (χ4n) is 3.81. The highest BCUT2D eigenvalue weighted by Crippen LogP contribution is 2.26. The van der Waals surface area contributed by atoms with E-state index in [9.17, 15) is 13.2 Å². The highest BCUT2D eigenvalue weighted by atomic mass is 32.2. The molecule has 1 aromatic heterocycles. The fourth-order valence-corrected chi connectivity index (χ4v) is 5.15. The minimum Gasteiger partial charge on any atom is -0.326 e. The van der Waals surface area contributed by atoms with Crippen LogP contribution in [0.15, 0.2) is 71.8 Å². The van der Waals surface area contributed by atoms with E-state index < -0.39 is 9.84 Å². The molecule has 0 saturated heterocycles. The number of benzene rings is 2. The molecule has 0 atom stereocenters. The lowest BCUT2D eigenvalue weighted by Crippen LogP contribution is -2.23. The van der Waals surface area contributed by atoms with Gasteiger partial charge in [-0.05, 0) is 76.3 Å². The Labute approximate surface area is 213 Å². The van der Waals surface area contributed by atoms with Crippen LogP contribution >= 0.6 is 0 Å². The molecule has 0 saturated carbocycles. The minimum atomic E-state index is -3.38. The number of sulfone groups is 1. The monoisotopic (exact) mass is 506 g/mol. The first-order valence-corrected chi connectivity index (χ1v) is 13.5. The molecular weight excluding hydrogens is 472 g/mol. The zero-order valence-electron chi connectivity index (χ0n) is 21.3. The van der Waals surface area contributed by atoms with Crippen LogP contribution < -0.4 is 5.32 Å². The summed E-state index contributed by atoms with van der Waals surface area (Å²) in [6, 6.07) is 14.7. The maximum atomic E-state index is 12.8. The van der Waals surface area contributed by atoms with Gasteiger partial charge in [0.1, 0.15) is 0 Å². The number of carbonyl (C=O) groups is 1. The molecule has 1 heterocycles. The molecule has 36 heavy (non-hydrogen) atoms. The molecule has 2 aromatic carbocycles. The van der Waals surface area contributed by atoms with E-state index in [1.165, 1.54) is 0 Å². The van der Waals surface area contributed by atoms with Gasteiger partial charge in [-0.1, -0.05) is 43.0 Å². The van der Waals surface area contributed by atoms with E-state index in [4.69, 9.17) is 0 Å². The second-order valence-corrected chi connectivity index (χ2v) is 11.2. The van der Waals surface area contributed by atoms with Crippen LogP contribution in [-0.4, -0.2) is 55.8 Å². The van der Waals surface area contributed by atoms with Gasteiger partial charge in [-0.3, -0.25) is 9.89 Å². The van der Waals surface area contributed by atoms with Crippen LogP contribution in [-0.2, 0) is 21.1 Å². The number of nitrogens with zero attached hydrogens (tertiary/aromatic N) is 2. The first kappa shape index (κ1) is 27.1. The number of carbonyl (C=O) groups excluding carboxylic acids is 1. The van der Waals surface area contributed by atoms with Crippen molar-refractivity contribution in [2.45, 2.75) is 31.6 Å². The summed E-state index contributed by atoms with van der Waals surface area (Å²) in [6.07, 6.45) is 4.36.